The Balaban J connectivity index is 2.14. The third-order valence-electron chi connectivity index (χ3n) is 3.67. The number of carbonyl (C=O) groups is 1. The first-order valence-corrected chi connectivity index (χ1v) is 8.96. The summed E-state index contributed by atoms with van der Waals surface area (Å²) in [6.07, 6.45) is 1.79. The highest BCUT2D eigenvalue weighted by molar-refractivity contribution is 8.00. The zero-order chi connectivity index (χ0) is 18.4. The van der Waals surface area contributed by atoms with Crippen LogP contribution in [0.3, 0.4) is 0 Å². The Bertz CT molecular complexity index is 725. The SMILES string of the molecule is C=CCn1c(C)nnc1SC(C(=O)Nc1ccc(OC)cc1)C(C)C. The summed E-state index contributed by atoms with van der Waals surface area (Å²) in [5, 5.41) is 11.7. The molecule has 1 unspecified atom stereocenters. The lowest BCUT2D eigenvalue weighted by Crippen LogP contribution is -2.30. The van der Waals surface area contributed by atoms with Crippen molar-refractivity contribution in [3.63, 3.8) is 0 Å². The summed E-state index contributed by atoms with van der Waals surface area (Å²) in [7, 11) is 1.61. The first-order valence-electron chi connectivity index (χ1n) is 8.08. The van der Waals surface area contributed by atoms with Crippen LogP contribution in [0.1, 0.15) is 19.7 Å². The number of hydrogen-bond donors (Lipinski definition) is 1. The fourth-order valence-corrected chi connectivity index (χ4v) is 3.37. The molecule has 6 nitrogen and oxygen atoms in total. The van der Waals surface area contributed by atoms with Crippen molar-refractivity contribution in [2.75, 3.05) is 12.4 Å². The second kappa shape index (κ2) is 8.71. The van der Waals surface area contributed by atoms with E-state index in [1.165, 1.54) is 11.8 Å². The highest BCUT2D eigenvalue weighted by Gasteiger charge is 2.26. The van der Waals surface area contributed by atoms with Crippen molar-refractivity contribution in [1.29, 1.82) is 0 Å². The van der Waals surface area contributed by atoms with E-state index in [1.54, 1.807) is 13.2 Å². The zero-order valence-corrected chi connectivity index (χ0v) is 15.8. The van der Waals surface area contributed by atoms with Crippen molar-refractivity contribution in [2.45, 2.75) is 37.7 Å². The Labute approximate surface area is 152 Å². The molecule has 134 valence electrons. The summed E-state index contributed by atoms with van der Waals surface area (Å²) in [5.41, 5.74) is 0.737. The van der Waals surface area contributed by atoms with Gasteiger partial charge in [-0.1, -0.05) is 31.7 Å². The van der Waals surface area contributed by atoms with Crippen LogP contribution in [-0.4, -0.2) is 33.0 Å². The van der Waals surface area contributed by atoms with Crippen molar-refractivity contribution in [2.24, 2.45) is 5.92 Å². The molecule has 25 heavy (non-hydrogen) atoms. The molecule has 1 N–H and O–H groups in total. The van der Waals surface area contributed by atoms with Crippen LogP contribution in [0, 0.1) is 12.8 Å². The van der Waals surface area contributed by atoms with E-state index in [-0.39, 0.29) is 17.1 Å². The number of ether oxygens (including phenoxy) is 1. The highest BCUT2D eigenvalue weighted by atomic mass is 32.2. The van der Waals surface area contributed by atoms with Gasteiger partial charge in [0.1, 0.15) is 11.6 Å². The summed E-state index contributed by atoms with van der Waals surface area (Å²) >= 11 is 1.42. The van der Waals surface area contributed by atoms with Crippen LogP contribution < -0.4 is 10.1 Å². The average Bonchev–Trinajstić information content (AvgIpc) is 2.93. The number of nitrogens with one attached hydrogen (secondary N) is 1. The number of hydrogen-bond acceptors (Lipinski definition) is 5. The minimum atomic E-state index is -0.283. The van der Waals surface area contributed by atoms with E-state index >= 15 is 0 Å². The van der Waals surface area contributed by atoms with Gasteiger partial charge in [-0.15, -0.1) is 16.8 Å². The summed E-state index contributed by atoms with van der Waals surface area (Å²) in [6, 6.07) is 7.28. The minimum absolute atomic E-state index is 0.0593. The van der Waals surface area contributed by atoms with Crippen molar-refractivity contribution in [1.82, 2.24) is 14.8 Å². The second-order valence-electron chi connectivity index (χ2n) is 5.93. The average molecular weight is 360 g/mol. The van der Waals surface area contributed by atoms with Gasteiger partial charge in [-0.25, -0.2) is 0 Å². The van der Waals surface area contributed by atoms with Gasteiger partial charge in [0.05, 0.1) is 12.4 Å². The minimum Gasteiger partial charge on any atom is -0.497 e. The van der Waals surface area contributed by atoms with Crippen LogP contribution in [0.15, 0.2) is 42.1 Å². The zero-order valence-electron chi connectivity index (χ0n) is 15.0. The number of amides is 1. The van der Waals surface area contributed by atoms with E-state index in [0.717, 1.165) is 22.4 Å². The summed E-state index contributed by atoms with van der Waals surface area (Å²) in [5.74, 6) is 1.63. The lowest BCUT2D eigenvalue weighted by Gasteiger charge is -2.19. The normalized spacial score (nSPS) is 12.0. The molecule has 1 amide bonds. The van der Waals surface area contributed by atoms with Crippen LogP contribution in [0.5, 0.6) is 5.75 Å². The number of aromatic nitrogens is 3. The lowest BCUT2D eigenvalue weighted by atomic mass is 10.1. The maximum Gasteiger partial charge on any atom is 0.238 e. The fraction of sp³-hybridized carbons (Fsp3) is 0.389. The van der Waals surface area contributed by atoms with Crippen LogP contribution in [-0.2, 0) is 11.3 Å². The van der Waals surface area contributed by atoms with Crippen LogP contribution in [0.4, 0.5) is 5.69 Å². The number of allylic oxidation sites excluding steroid dienone is 1. The molecule has 2 rings (SSSR count). The molecule has 0 aliphatic heterocycles. The summed E-state index contributed by atoms with van der Waals surface area (Å²) < 4.78 is 7.09. The van der Waals surface area contributed by atoms with Crippen molar-refractivity contribution in [3.05, 3.63) is 42.7 Å². The number of aryl methyl sites for hydroxylation is 1. The van der Waals surface area contributed by atoms with E-state index in [2.05, 4.69) is 22.1 Å². The number of nitrogens with zero attached hydrogens (tertiary/aromatic N) is 3. The van der Waals surface area contributed by atoms with Gasteiger partial charge < -0.3 is 14.6 Å². The monoisotopic (exact) mass is 360 g/mol. The van der Waals surface area contributed by atoms with Crippen LogP contribution in [0.2, 0.25) is 0 Å². The van der Waals surface area contributed by atoms with Crippen molar-refractivity contribution >= 4 is 23.4 Å². The molecule has 1 atom stereocenters. The predicted molar refractivity (Wildman–Crippen MR) is 101 cm³/mol. The number of benzene rings is 1. The molecule has 1 aromatic carbocycles. The van der Waals surface area contributed by atoms with Gasteiger partial charge in [0, 0.05) is 12.2 Å². The first kappa shape index (κ1) is 19.1. The molecule has 0 saturated heterocycles. The van der Waals surface area contributed by atoms with E-state index in [4.69, 9.17) is 4.74 Å². The quantitative estimate of drug-likeness (QED) is 0.576. The van der Waals surface area contributed by atoms with Gasteiger partial charge in [-0.2, -0.15) is 0 Å². The fourth-order valence-electron chi connectivity index (χ4n) is 2.28. The molecular formula is C18H24N4O2S. The van der Waals surface area contributed by atoms with Gasteiger partial charge in [-0.05, 0) is 37.1 Å². The summed E-state index contributed by atoms with van der Waals surface area (Å²) in [6.45, 7) is 10.3. The molecule has 0 saturated carbocycles. The van der Waals surface area contributed by atoms with E-state index < -0.39 is 0 Å². The summed E-state index contributed by atoms with van der Waals surface area (Å²) in [4.78, 5) is 12.7. The number of methoxy groups -OCH3 is 1. The third kappa shape index (κ3) is 4.85. The van der Waals surface area contributed by atoms with Gasteiger partial charge >= 0.3 is 0 Å². The molecule has 0 radical (unpaired) electrons. The largest absolute Gasteiger partial charge is 0.497 e. The van der Waals surface area contributed by atoms with Crippen LogP contribution in [0.25, 0.3) is 0 Å². The smallest absolute Gasteiger partial charge is 0.238 e. The molecule has 2 aromatic rings. The maximum atomic E-state index is 12.7. The number of thioether (sulfide) groups is 1. The second-order valence-corrected chi connectivity index (χ2v) is 7.04. The molecule has 0 spiro atoms. The first-order chi connectivity index (χ1) is 12.0. The van der Waals surface area contributed by atoms with Gasteiger partial charge in [0.25, 0.3) is 0 Å². The molecule has 7 heteroatoms. The highest BCUT2D eigenvalue weighted by Crippen LogP contribution is 2.29. The van der Waals surface area contributed by atoms with E-state index in [9.17, 15) is 4.79 Å². The van der Waals surface area contributed by atoms with Gasteiger partial charge in [-0.3, -0.25) is 4.79 Å². The standard InChI is InChI=1S/C18H24N4O2S/c1-6-11-22-13(4)20-21-18(22)25-16(12(2)3)17(23)19-14-7-9-15(24-5)10-8-14/h6-10,12,16H,1,11H2,2-5H3,(H,19,23). The number of anilines is 1. The number of carbonyl (C=O) groups excluding carboxylic acids is 1. The predicted octanol–water partition coefficient (Wildman–Crippen LogP) is 3.54. The number of rotatable bonds is 8. The molecule has 1 aromatic heterocycles. The Morgan fingerprint density at radius 3 is 2.60 bits per heavy atom. The van der Waals surface area contributed by atoms with Crippen molar-refractivity contribution < 1.29 is 9.53 Å². The molecule has 0 aliphatic rings. The molecular weight excluding hydrogens is 336 g/mol. The molecule has 0 bridgehead atoms. The molecule has 1 heterocycles. The van der Waals surface area contributed by atoms with Gasteiger partial charge in [0.15, 0.2) is 5.16 Å². The van der Waals surface area contributed by atoms with Gasteiger partial charge in [0.2, 0.25) is 5.91 Å². The van der Waals surface area contributed by atoms with E-state index in [0.29, 0.717) is 6.54 Å². The lowest BCUT2D eigenvalue weighted by molar-refractivity contribution is -0.116. The van der Waals surface area contributed by atoms with Crippen LogP contribution >= 0.6 is 11.8 Å². The maximum absolute atomic E-state index is 12.7. The Morgan fingerprint density at radius 1 is 1.36 bits per heavy atom. The Kier molecular flexibility index (Phi) is 6.64. The van der Waals surface area contributed by atoms with E-state index in [1.807, 2.05) is 49.6 Å². The molecule has 0 aliphatic carbocycles. The Hall–Kier alpha value is -2.28. The molecule has 0 fully saturated rings. The van der Waals surface area contributed by atoms with Crippen molar-refractivity contribution in [3.8, 4) is 5.75 Å². The topological polar surface area (TPSA) is 69.0 Å². The third-order valence-corrected chi connectivity index (χ3v) is 5.19. The Morgan fingerprint density at radius 2 is 2.04 bits per heavy atom.